The van der Waals surface area contributed by atoms with Crippen LogP contribution in [0.15, 0.2) is 48.0 Å². The Morgan fingerprint density at radius 1 is 1.12 bits per heavy atom. The highest BCUT2D eigenvalue weighted by Crippen LogP contribution is 2.41. The number of carbonyl (C=O) groups is 2. The number of benzene rings is 2. The van der Waals surface area contributed by atoms with E-state index in [2.05, 4.69) is 4.90 Å². The van der Waals surface area contributed by atoms with Gasteiger partial charge in [0.2, 0.25) is 0 Å². The Morgan fingerprint density at radius 3 is 2.68 bits per heavy atom. The summed E-state index contributed by atoms with van der Waals surface area (Å²) in [4.78, 5) is 30.2. The normalized spacial score (nSPS) is 24.4. The molecule has 0 saturated carbocycles. The Labute approximate surface area is 203 Å². The molecule has 2 aromatic carbocycles. The maximum absolute atomic E-state index is 13.2. The number of ether oxygens (including phenoxy) is 2. The minimum atomic E-state index is -0.719. The molecule has 0 spiro atoms. The fourth-order valence-corrected chi connectivity index (χ4v) is 5.13. The first kappa shape index (κ1) is 22.9. The van der Waals surface area contributed by atoms with E-state index in [-0.39, 0.29) is 17.4 Å². The van der Waals surface area contributed by atoms with Crippen LogP contribution in [0.5, 0.6) is 5.75 Å². The largest absolute Gasteiger partial charge is 0.507 e. The molecule has 1 amide bonds. The van der Waals surface area contributed by atoms with Gasteiger partial charge in [-0.3, -0.25) is 14.5 Å². The minimum Gasteiger partial charge on any atom is -0.507 e. The maximum atomic E-state index is 13.2. The van der Waals surface area contributed by atoms with Crippen LogP contribution in [0.4, 0.5) is 0 Å². The van der Waals surface area contributed by atoms with Crippen molar-refractivity contribution >= 4 is 29.1 Å². The molecule has 7 nitrogen and oxygen atoms in total. The Hall–Kier alpha value is -2.87. The van der Waals surface area contributed by atoms with Crippen molar-refractivity contribution in [2.45, 2.75) is 25.5 Å². The highest BCUT2D eigenvalue weighted by Gasteiger charge is 2.46. The summed E-state index contributed by atoms with van der Waals surface area (Å²) in [5, 5.41) is 11.8. The molecule has 2 atom stereocenters. The Balaban J connectivity index is 1.53. The number of carbonyl (C=O) groups excluding carboxylic acids is 2. The number of halogens is 1. The molecule has 0 aliphatic carbocycles. The number of morpholine rings is 1. The standard InChI is InChI=1S/C26H27ClN2O5/c1-16-13-19-14-18(5-6-21(19)34-16)24(30)22-23(17-3-2-4-20(27)15-17)29(26(32)25(22)31)8-7-28-9-11-33-12-10-28/h2-6,14-16,23,30H,7-13H2,1H3. The topological polar surface area (TPSA) is 79.3 Å². The van der Waals surface area contributed by atoms with Crippen LogP contribution in [-0.2, 0) is 20.7 Å². The van der Waals surface area contributed by atoms with E-state index in [4.69, 9.17) is 21.1 Å². The fourth-order valence-electron chi connectivity index (χ4n) is 4.93. The van der Waals surface area contributed by atoms with E-state index in [0.717, 1.165) is 30.8 Å². The van der Waals surface area contributed by atoms with Crippen molar-refractivity contribution in [2.24, 2.45) is 0 Å². The molecule has 3 aliphatic rings. The second-order valence-electron chi connectivity index (χ2n) is 8.96. The first-order valence-electron chi connectivity index (χ1n) is 11.6. The van der Waals surface area contributed by atoms with Crippen LogP contribution in [0.1, 0.15) is 29.7 Å². The van der Waals surface area contributed by atoms with E-state index in [0.29, 0.717) is 42.5 Å². The lowest BCUT2D eigenvalue weighted by Gasteiger charge is -2.31. The molecule has 178 valence electrons. The van der Waals surface area contributed by atoms with E-state index >= 15 is 0 Å². The molecular formula is C26H27ClN2O5. The van der Waals surface area contributed by atoms with Gasteiger partial charge in [-0.05, 0) is 48.4 Å². The molecule has 1 N–H and O–H groups in total. The molecule has 2 fully saturated rings. The number of aliphatic hydroxyl groups excluding tert-OH is 1. The first-order chi connectivity index (χ1) is 16.4. The van der Waals surface area contributed by atoms with Crippen molar-refractivity contribution in [3.05, 3.63) is 69.8 Å². The zero-order chi connectivity index (χ0) is 23.8. The monoisotopic (exact) mass is 482 g/mol. The Kier molecular flexibility index (Phi) is 6.34. The number of fused-ring (bicyclic) bond motifs is 1. The number of hydrogen-bond acceptors (Lipinski definition) is 6. The van der Waals surface area contributed by atoms with E-state index < -0.39 is 17.7 Å². The lowest BCUT2D eigenvalue weighted by molar-refractivity contribution is -0.140. The number of aliphatic hydroxyl groups is 1. The number of nitrogens with zero attached hydrogens (tertiary/aromatic N) is 2. The van der Waals surface area contributed by atoms with Crippen LogP contribution < -0.4 is 4.74 Å². The van der Waals surface area contributed by atoms with E-state index in [1.54, 1.807) is 35.2 Å². The predicted octanol–water partition coefficient (Wildman–Crippen LogP) is 3.42. The molecule has 34 heavy (non-hydrogen) atoms. The molecular weight excluding hydrogens is 456 g/mol. The molecule has 2 unspecified atom stereocenters. The lowest BCUT2D eigenvalue weighted by Crippen LogP contribution is -2.42. The molecule has 3 heterocycles. The zero-order valence-electron chi connectivity index (χ0n) is 19.0. The summed E-state index contributed by atoms with van der Waals surface area (Å²) >= 11 is 6.26. The van der Waals surface area contributed by atoms with Crippen molar-refractivity contribution in [1.29, 1.82) is 0 Å². The summed E-state index contributed by atoms with van der Waals surface area (Å²) in [5.74, 6) is -0.701. The number of Topliss-reactive ketones (excluding diaryl/α,β-unsaturated/α-hetero) is 1. The zero-order valence-corrected chi connectivity index (χ0v) is 19.8. The van der Waals surface area contributed by atoms with Crippen molar-refractivity contribution in [2.75, 3.05) is 39.4 Å². The number of likely N-dealkylation sites (tertiary alicyclic amines) is 1. The van der Waals surface area contributed by atoms with E-state index in [1.807, 2.05) is 19.1 Å². The third kappa shape index (κ3) is 4.31. The molecule has 5 rings (SSSR count). The van der Waals surface area contributed by atoms with Crippen LogP contribution in [-0.4, -0.2) is 72.1 Å². The summed E-state index contributed by atoms with van der Waals surface area (Å²) in [6, 6.07) is 11.7. The van der Waals surface area contributed by atoms with Crippen molar-refractivity contribution < 1.29 is 24.2 Å². The summed E-state index contributed by atoms with van der Waals surface area (Å²) in [7, 11) is 0. The van der Waals surface area contributed by atoms with Gasteiger partial charge >= 0.3 is 0 Å². The molecule has 2 aromatic rings. The van der Waals surface area contributed by atoms with Crippen molar-refractivity contribution in [3.63, 3.8) is 0 Å². The quantitative estimate of drug-likeness (QED) is 0.399. The SMILES string of the molecule is CC1Cc2cc(C(O)=C3C(=O)C(=O)N(CCN4CCOCC4)C3c3cccc(Cl)c3)ccc2O1. The van der Waals surface area contributed by atoms with Gasteiger partial charge in [-0.15, -0.1) is 0 Å². The summed E-state index contributed by atoms with van der Waals surface area (Å²) < 4.78 is 11.2. The van der Waals surface area contributed by atoms with Gasteiger partial charge in [-0.25, -0.2) is 0 Å². The van der Waals surface area contributed by atoms with Gasteiger partial charge in [-0.1, -0.05) is 23.7 Å². The van der Waals surface area contributed by atoms with Gasteiger partial charge < -0.3 is 19.5 Å². The summed E-state index contributed by atoms with van der Waals surface area (Å²) in [6.07, 6.45) is 0.784. The van der Waals surface area contributed by atoms with Crippen molar-refractivity contribution in [3.8, 4) is 5.75 Å². The van der Waals surface area contributed by atoms with Gasteiger partial charge in [0.25, 0.3) is 11.7 Å². The highest BCUT2D eigenvalue weighted by molar-refractivity contribution is 6.46. The van der Waals surface area contributed by atoms with Gasteiger partial charge in [0, 0.05) is 43.2 Å². The third-order valence-electron chi connectivity index (χ3n) is 6.63. The van der Waals surface area contributed by atoms with Gasteiger partial charge in [0.15, 0.2) is 0 Å². The van der Waals surface area contributed by atoms with Gasteiger partial charge in [0.05, 0.1) is 24.8 Å². The predicted molar refractivity (Wildman–Crippen MR) is 128 cm³/mol. The number of hydrogen-bond donors (Lipinski definition) is 1. The second kappa shape index (κ2) is 9.41. The average molecular weight is 483 g/mol. The molecule has 2 saturated heterocycles. The number of amides is 1. The molecule has 3 aliphatic heterocycles. The summed E-state index contributed by atoms with van der Waals surface area (Å²) in [5.41, 5.74) is 2.24. The number of ketones is 1. The van der Waals surface area contributed by atoms with Crippen LogP contribution in [0.25, 0.3) is 5.76 Å². The van der Waals surface area contributed by atoms with Crippen LogP contribution >= 0.6 is 11.6 Å². The van der Waals surface area contributed by atoms with Gasteiger partial charge in [-0.2, -0.15) is 0 Å². The van der Waals surface area contributed by atoms with E-state index in [1.165, 1.54) is 0 Å². The Morgan fingerprint density at radius 2 is 1.91 bits per heavy atom. The third-order valence-corrected chi connectivity index (χ3v) is 6.87. The van der Waals surface area contributed by atoms with E-state index in [9.17, 15) is 14.7 Å². The fraction of sp³-hybridized carbons (Fsp3) is 0.385. The average Bonchev–Trinajstić information content (AvgIpc) is 3.33. The molecule has 0 bridgehead atoms. The minimum absolute atomic E-state index is 0.0598. The maximum Gasteiger partial charge on any atom is 0.295 e. The molecule has 0 aromatic heterocycles. The van der Waals surface area contributed by atoms with Crippen LogP contribution in [0, 0.1) is 0 Å². The number of rotatable bonds is 5. The lowest BCUT2D eigenvalue weighted by atomic mass is 9.94. The second-order valence-corrected chi connectivity index (χ2v) is 9.39. The smallest absolute Gasteiger partial charge is 0.295 e. The highest BCUT2D eigenvalue weighted by atomic mass is 35.5. The van der Waals surface area contributed by atoms with Gasteiger partial charge in [0.1, 0.15) is 17.6 Å². The first-order valence-corrected chi connectivity index (χ1v) is 11.9. The Bertz CT molecular complexity index is 1160. The van der Waals surface area contributed by atoms with Crippen LogP contribution in [0.2, 0.25) is 5.02 Å². The summed E-state index contributed by atoms with van der Waals surface area (Å²) in [6.45, 7) is 5.81. The molecule has 0 radical (unpaired) electrons. The van der Waals surface area contributed by atoms with Crippen LogP contribution in [0.3, 0.4) is 0 Å². The molecule has 8 heteroatoms. The van der Waals surface area contributed by atoms with Crippen molar-refractivity contribution in [1.82, 2.24) is 9.80 Å².